The lowest BCUT2D eigenvalue weighted by Gasteiger charge is -2.14. The van der Waals surface area contributed by atoms with E-state index in [1.807, 2.05) is 0 Å². The van der Waals surface area contributed by atoms with Crippen LogP contribution in [0.4, 0.5) is 0 Å². The van der Waals surface area contributed by atoms with E-state index in [1.165, 1.54) is 114 Å². The van der Waals surface area contributed by atoms with Crippen molar-refractivity contribution < 1.29 is 9.42 Å². The van der Waals surface area contributed by atoms with Crippen molar-refractivity contribution in [3.63, 3.8) is 0 Å². The zero-order valence-corrected chi connectivity index (χ0v) is 20.8. The quantitative estimate of drug-likeness (QED) is 0.135. The lowest BCUT2D eigenvalue weighted by Crippen LogP contribution is -1.92. The summed E-state index contributed by atoms with van der Waals surface area (Å²) in [4.78, 5) is 10.2. The Labute approximate surface area is 179 Å². The maximum atomic E-state index is 10.2. The van der Waals surface area contributed by atoms with E-state index in [9.17, 15) is 4.89 Å². The summed E-state index contributed by atoms with van der Waals surface area (Å²) >= 11 is 6.76. The molecule has 1 unspecified atom stereocenters. The number of hydrogen-bond donors (Lipinski definition) is 1. The van der Waals surface area contributed by atoms with Crippen molar-refractivity contribution in [1.82, 2.24) is 0 Å². The second kappa shape index (κ2) is 21.6. The molecule has 164 valence electrons. The summed E-state index contributed by atoms with van der Waals surface area (Å²) in [6.07, 6.45) is 23.7. The smallest absolute Gasteiger partial charge is 0.244 e. The third kappa shape index (κ3) is 23.1. The van der Waals surface area contributed by atoms with Crippen LogP contribution < -0.4 is 0 Å². The molecule has 1 N–H and O–H groups in total. The van der Waals surface area contributed by atoms with Gasteiger partial charge in [0.25, 0.3) is 0 Å². The second-order valence-corrected chi connectivity index (χ2v) is 14.1. The molecule has 0 rings (SSSR count). The zero-order valence-electron chi connectivity index (χ0n) is 18.3. The van der Waals surface area contributed by atoms with Gasteiger partial charge in [0.05, 0.1) is 6.61 Å². The first kappa shape index (κ1) is 27.9. The molecule has 5 heteroatoms. The summed E-state index contributed by atoms with van der Waals surface area (Å²) in [7, 11) is 0. The number of rotatable bonds is 22. The standard InChI is InChI=1S/C22H47O2PS2/c1-3-5-7-9-11-13-15-17-19-21-24-25(23,26)27-22-20-18-16-14-12-10-8-6-4-2/h3-22H2,1-2H3,(H,23,26). The highest BCUT2D eigenvalue weighted by molar-refractivity contribution is 8.67. The predicted molar refractivity (Wildman–Crippen MR) is 129 cm³/mol. The Hall–Kier alpha value is 0.920. The minimum atomic E-state index is -2.59. The molecule has 0 saturated heterocycles. The molecule has 0 saturated carbocycles. The average molecular weight is 439 g/mol. The molecule has 0 aliphatic rings. The van der Waals surface area contributed by atoms with Crippen molar-refractivity contribution in [2.45, 2.75) is 129 Å². The highest BCUT2D eigenvalue weighted by atomic mass is 32.9. The molecule has 0 aromatic carbocycles. The first-order chi connectivity index (χ1) is 13.1. The molecular weight excluding hydrogens is 391 g/mol. The van der Waals surface area contributed by atoms with E-state index in [0.717, 1.165) is 18.6 Å². The van der Waals surface area contributed by atoms with Gasteiger partial charge in [-0.3, -0.25) is 0 Å². The van der Waals surface area contributed by atoms with Crippen molar-refractivity contribution in [3.8, 4) is 0 Å². The van der Waals surface area contributed by atoms with Gasteiger partial charge >= 0.3 is 0 Å². The first-order valence-electron chi connectivity index (χ1n) is 11.7. The highest BCUT2D eigenvalue weighted by Gasteiger charge is 2.13. The van der Waals surface area contributed by atoms with Crippen molar-refractivity contribution in [3.05, 3.63) is 0 Å². The van der Waals surface area contributed by atoms with Crippen LogP contribution in [0.25, 0.3) is 0 Å². The van der Waals surface area contributed by atoms with Gasteiger partial charge in [-0.1, -0.05) is 128 Å². The molecule has 0 bridgehead atoms. The largest absolute Gasteiger partial charge is 0.337 e. The Morgan fingerprint density at radius 1 is 0.630 bits per heavy atom. The summed E-state index contributed by atoms with van der Waals surface area (Å²) in [5, 5.41) is 0. The molecule has 0 fully saturated rings. The molecule has 0 aliphatic heterocycles. The monoisotopic (exact) mass is 438 g/mol. The zero-order chi connectivity index (χ0) is 20.1. The van der Waals surface area contributed by atoms with Crippen LogP contribution in [0.15, 0.2) is 0 Å². The van der Waals surface area contributed by atoms with Crippen molar-refractivity contribution in [1.29, 1.82) is 0 Å². The lowest BCUT2D eigenvalue weighted by molar-refractivity contribution is 0.307. The van der Waals surface area contributed by atoms with E-state index < -0.39 is 5.69 Å². The SMILES string of the molecule is CCCCCCCCCCCOP(O)(=S)SCCCCCCCCCCC. The number of hydrogen-bond acceptors (Lipinski definition) is 3. The molecule has 0 aliphatic carbocycles. The van der Waals surface area contributed by atoms with Gasteiger partial charge in [-0.25, -0.2) is 0 Å². The van der Waals surface area contributed by atoms with Crippen LogP contribution in [0, 0.1) is 0 Å². The summed E-state index contributed by atoms with van der Waals surface area (Å²) in [5.41, 5.74) is -2.59. The Balaban J connectivity index is 3.32. The van der Waals surface area contributed by atoms with Crippen LogP contribution in [0.5, 0.6) is 0 Å². The van der Waals surface area contributed by atoms with Crippen LogP contribution in [0.3, 0.4) is 0 Å². The molecule has 2 nitrogen and oxygen atoms in total. The minimum Gasteiger partial charge on any atom is -0.337 e. The second-order valence-electron chi connectivity index (χ2n) is 7.79. The van der Waals surface area contributed by atoms with Gasteiger partial charge in [-0.05, 0) is 24.6 Å². The van der Waals surface area contributed by atoms with Crippen LogP contribution in [0.2, 0.25) is 0 Å². The Morgan fingerprint density at radius 2 is 1.00 bits per heavy atom. The van der Waals surface area contributed by atoms with Gasteiger partial charge in [0.2, 0.25) is 5.69 Å². The molecule has 27 heavy (non-hydrogen) atoms. The van der Waals surface area contributed by atoms with Crippen LogP contribution >= 0.6 is 17.1 Å². The first-order valence-corrected chi connectivity index (χ1v) is 16.0. The van der Waals surface area contributed by atoms with Gasteiger partial charge in [-0.15, -0.1) is 0 Å². The normalized spacial score (nSPS) is 13.7. The van der Waals surface area contributed by atoms with E-state index >= 15 is 0 Å². The summed E-state index contributed by atoms with van der Waals surface area (Å²) in [5.74, 6) is 0.946. The van der Waals surface area contributed by atoms with E-state index in [1.54, 1.807) is 0 Å². The fourth-order valence-corrected chi connectivity index (χ4v) is 6.64. The minimum absolute atomic E-state index is 0.633. The molecule has 0 aromatic heterocycles. The van der Waals surface area contributed by atoms with Crippen molar-refractivity contribution in [2.75, 3.05) is 12.4 Å². The van der Waals surface area contributed by atoms with Crippen molar-refractivity contribution >= 4 is 28.9 Å². The van der Waals surface area contributed by atoms with Gasteiger partial charge in [0, 0.05) is 5.75 Å². The predicted octanol–water partition coefficient (Wildman–Crippen LogP) is 9.01. The van der Waals surface area contributed by atoms with Gasteiger partial charge in [0.1, 0.15) is 0 Å². The Bertz CT molecular complexity index is 312. The fraction of sp³-hybridized carbons (Fsp3) is 1.00. The van der Waals surface area contributed by atoms with Crippen LogP contribution in [0.1, 0.15) is 129 Å². The maximum Gasteiger partial charge on any atom is 0.244 e. The highest BCUT2D eigenvalue weighted by Crippen LogP contribution is 2.56. The van der Waals surface area contributed by atoms with E-state index in [0.29, 0.717) is 6.61 Å². The van der Waals surface area contributed by atoms with Gasteiger partial charge < -0.3 is 9.42 Å². The molecule has 1 atom stereocenters. The lowest BCUT2D eigenvalue weighted by atomic mass is 10.1. The Kier molecular flexibility index (Phi) is 22.4. The maximum absolute atomic E-state index is 10.2. The summed E-state index contributed by atoms with van der Waals surface area (Å²) in [6.45, 7) is 5.16. The van der Waals surface area contributed by atoms with Gasteiger partial charge in [-0.2, -0.15) is 0 Å². The third-order valence-corrected chi connectivity index (χ3v) is 9.42. The van der Waals surface area contributed by atoms with E-state index in [-0.39, 0.29) is 0 Å². The topological polar surface area (TPSA) is 29.5 Å². The molecule has 0 radical (unpaired) electrons. The molecule has 0 spiro atoms. The van der Waals surface area contributed by atoms with Crippen LogP contribution in [-0.2, 0) is 16.3 Å². The number of unbranched alkanes of at least 4 members (excludes halogenated alkanes) is 16. The third-order valence-electron chi connectivity index (χ3n) is 5.00. The van der Waals surface area contributed by atoms with Crippen molar-refractivity contribution in [2.24, 2.45) is 0 Å². The molecule has 0 aromatic rings. The molecule has 0 heterocycles. The van der Waals surface area contributed by atoms with Gasteiger partial charge in [0.15, 0.2) is 0 Å². The average Bonchev–Trinajstić information content (AvgIpc) is 2.64. The molecular formula is C22H47O2PS2. The Morgan fingerprint density at radius 3 is 1.44 bits per heavy atom. The van der Waals surface area contributed by atoms with E-state index in [4.69, 9.17) is 16.3 Å². The fourth-order valence-electron chi connectivity index (χ4n) is 3.22. The summed E-state index contributed by atoms with van der Waals surface area (Å²) in [6, 6.07) is 0. The van der Waals surface area contributed by atoms with E-state index in [2.05, 4.69) is 13.8 Å². The molecule has 0 amide bonds. The summed E-state index contributed by atoms with van der Waals surface area (Å²) < 4.78 is 5.62. The van der Waals surface area contributed by atoms with Crippen LogP contribution in [-0.4, -0.2) is 17.3 Å².